The number of hydrogen-bond acceptors (Lipinski definition) is 3. The van der Waals surface area contributed by atoms with E-state index in [2.05, 4.69) is 19.3 Å². The van der Waals surface area contributed by atoms with E-state index in [9.17, 15) is 0 Å². The van der Waals surface area contributed by atoms with Crippen LogP contribution in [0.2, 0.25) is 0 Å². The van der Waals surface area contributed by atoms with Crippen LogP contribution in [0.4, 0.5) is 0 Å². The number of rotatable bonds is 1. The lowest BCUT2D eigenvalue weighted by Crippen LogP contribution is -3.17. The predicted molar refractivity (Wildman–Crippen MR) is 42.7 cm³/mol. The van der Waals surface area contributed by atoms with Gasteiger partial charge in [-0.3, -0.25) is 6.92 Å². The van der Waals surface area contributed by atoms with Crippen molar-refractivity contribution < 1.29 is 4.90 Å². The minimum Gasteiger partial charge on any atom is -0.709 e. The van der Waals surface area contributed by atoms with Crippen molar-refractivity contribution in [1.29, 1.82) is 0 Å². The van der Waals surface area contributed by atoms with Crippen LogP contribution in [0.25, 0.3) is 0 Å². The monoisotopic (exact) mass is 160 g/mol. The Morgan fingerprint density at radius 1 is 1.80 bits per heavy atom. The maximum absolute atomic E-state index is 5.15. The quantitative estimate of drug-likeness (QED) is 0.353. The summed E-state index contributed by atoms with van der Waals surface area (Å²) in [6, 6.07) is 0. The largest absolute Gasteiger partial charge is 0.709 e. The van der Waals surface area contributed by atoms with E-state index in [0.717, 1.165) is 6.54 Å². The Hall–Kier alpha value is 0.230. The van der Waals surface area contributed by atoms with E-state index in [1.807, 2.05) is 12.1 Å². The molecule has 0 radical (unpaired) electrons. The van der Waals surface area contributed by atoms with Gasteiger partial charge < -0.3 is 17.5 Å². The second-order valence-corrected chi connectivity index (χ2v) is 3.09. The summed E-state index contributed by atoms with van der Waals surface area (Å²) in [5.74, 6) is 0. The highest BCUT2D eigenvalue weighted by atomic mass is 32.1. The van der Waals surface area contributed by atoms with Crippen LogP contribution >= 0.6 is 0 Å². The molecule has 1 fully saturated rings. The molecule has 3 atom stereocenters. The molecule has 4 heteroatoms. The molecule has 0 aromatic carbocycles. The van der Waals surface area contributed by atoms with Crippen molar-refractivity contribution in [3.8, 4) is 0 Å². The molecule has 0 aliphatic carbocycles. The van der Waals surface area contributed by atoms with Gasteiger partial charge in [-0.2, -0.15) is 5.01 Å². The van der Waals surface area contributed by atoms with Crippen molar-refractivity contribution in [2.45, 2.75) is 18.6 Å². The van der Waals surface area contributed by atoms with E-state index in [0.29, 0.717) is 6.17 Å². The average molecular weight is 160 g/mol. The fourth-order valence-electron chi connectivity index (χ4n) is 1.19. The first-order chi connectivity index (χ1) is 4.66. The second kappa shape index (κ2) is 3.09. The van der Waals surface area contributed by atoms with Crippen molar-refractivity contribution in [2.24, 2.45) is 0 Å². The molecule has 1 rings (SSSR count). The van der Waals surface area contributed by atoms with Gasteiger partial charge in [0.1, 0.15) is 0 Å². The molecule has 3 nitrogen and oxygen atoms in total. The Labute approximate surface area is 67.8 Å². The third kappa shape index (κ3) is 1.29. The van der Waals surface area contributed by atoms with Gasteiger partial charge in [-0.1, -0.05) is 0 Å². The van der Waals surface area contributed by atoms with E-state index < -0.39 is 0 Å². The molecule has 2 N–H and O–H groups in total. The predicted octanol–water partition coefficient (Wildman–Crippen LogP) is -1.67. The first-order valence-corrected chi connectivity index (χ1v) is 3.93. The maximum Gasteiger partial charge on any atom is 0.150 e. The van der Waals surface area contributed by atoms with Gasteiger partial charge >= 0.3 is 0 Å². The fraction of sp³-hybridized carbons (Fsp3) is 0.833. The first-order valence-electron chi connectivity index (χ1n) is 3.46. The van der Waals surface area contributed by atoms with Crippen molar-refractivity contribution in [2.75, 3.05) is 13.6 Å². The lowest BCUT2D eigenvalue weighted by Gasteiger charge is -2.28. The summed E-state index contributed by atoms with van der Waals surface area (Å²) in [7, 11) is 2.01. The highest BCUT2D eigenvalue weighted by Gasteiger charge is 2.27. The van der Waals surface area contributed by atoms with E-state index in [1.165, 1.54) is 4.90 Å². The summed E-state index contributed by atoms with van der Waals surface area (Å²) >= 11 is 5.15. The molecule has 1 heterocycles. The van der Waals surface area contributed by atoms with Gasteiger partial charge in [-0.25, -0.2) is 5.43 Å². The molecule has 10 heavy (non-hydrogen) atoms. The van der Waals surface area contributed by atoms with Crippen LogP contribution in [-0.2, 0) is 12.6 Å². The SMILES string of the molecule is [CH2-]C[NH+]1C([S-])NN(C)C1C. The average Bonchev–Trinajstić information content (AvgIpc) is 2.09. The highest BCUT2D eigenvalue weighted by molar-refractivity contribution is 7.59. The van der Waals surface area contributed by atoms with Gasteiger partial charge in [0.05, 0.1) is 0 Å². The lowest BCUT2D eigenvalue weighted by atomic mass is 10.5. The molecule has 0 spiro atoms. The number of hydrogen-bond donors (Lipinski definition) is 2. The molecular formula is C6H14N3S-. The molecule has 0 aromatic rings. The highest BCUT2D eigenvalue weighted by Crippen LogP contribution is 1.90. The van der Waals surface area contributed by atoms with Crippen molar-refractivity contribution in [1.82, 2.24) is 10.4 Å². The lowest BCUT2D eigenvalue weighted by molar-refractivity contribution is -0.921. The molecule has 1 aliphatic heterocycles. The second-order valence-electron chi connectivity index (χ2n) is 2.62. The first kappa shape index (κ1) is 8.33. The summed E-state index contributed by atoms with van der Waals surface area (Å²) in [6.45, 7) is 6.81. The summed E-state index contributed by atoms with van der Waals surface area (Å²) in [6.07, 6.45) is 0.444. The molecule has 60 valence electrons. The Bertz CT molecular complexity index is 120. The smallest absolute Gasteiger partial charge is 0.150 e. The fourth-order valence-corrected chi connectivity index (χ4v) is 1.67. The standard InChI is InChI=1S/C6H14N3S/c1-4-9-5(2)8(3)7-6(9)10/h5-7,10H,1,4H2,2-3H3/q-1. The molecule has 3 unspecified atom stereocenters. The molecule has 1 saturated heterocycles. The van der Waals surface area contributed by atoms with Crippen LogP contribution in [-0.4, -0.2) is 30.3 Å². The van der Waals surface area contributed by atoms with Gasteiger partial charge in [0.2, 0.25) is 0 Å². The van der Waals surface area contributed by atoms with Crippen LogP contribution in [0, 0.1) is 6.92 Å². The third-order valence-electron chi connectivity index (χ3n) is 2.06. The summed E-state index contributed by atoms with van der Waals surface area (Å²) < 4.78 is 0. The Morgan fingerprint density at radius 2 is 2.40 bits per heavy atom. The van der Waals surface area contributed by atoms with Gasteiger partial charge in [0.25, 0.3) is 0 Å². The molecular weight excluding hydrogens is 146 g/mol. The van der Waals surface area contributed by atoms with E-state index in [1.54, 1.807) is 0 Å². The summed E-state index contributed by atoms with van der Waals surface area (Å²) in [5, 5.41) is 2.04. The van der Waals surface area contributed by atoms with Gasteiger partial charge in [-0.05, 0) is 6.54 Å². The molecule has 0 saturated carbocycles. The van der Waals surface area contributed by atoms with Crippen LogP contribution < -0.4 is 10.3 Å². The topological polar surface area (TPSA) is 19.7 Å². The normalized spacial score (nSPS) is 42.6. The number of nitrogens with zero attached hydrogens (tertiary/aromatic N) is 1. The summed E-state index contributed by atoms with van der Waals surface area (Å²) in [4.78, 5) is 1.32. The van der Waals surface area contributed by atoms with Gasteiger partial charge in [0.15, 0.2) is 6.17 Å². The zero-order valence-corrected chi connectivity index (χ0v) is 7.24. The Kier molecular flexibility index (Phi) is 2.57. The minimum absolute atomic E-state index is 0.0949. The van der Waals surface area contributed by atoms with Crippen LogP contribution in [0.1, 0.15) is 6.92 Å². The van der Waals surface area contributed by atoms with E-state index in [4.69, 9.17) is 12.6 Å². The van der Waals surface area contributed by atoms with E-state index >= 15 is 0 Å². The zero-order valence-electron chi connectivity index (χ0n) is 6.42. The Balaban J connectivity index is 2.55. The van der Waals surface area contributed by atoms with Gasteiger partial charge in [0, 0.05) is 19.5 Å². The number of nitrogens with one attached hydrogen (secondary N) is 2. The third-order valence-corrected chi connectivity index (χ3v) is 2.47. The number of hydrazine groups is 1. The zero-order chi connectivity index (χ0) is 7.72. The van der Waals surface area contributed by atoms with E-state index in [-0.39, 0.29) is 5.50 Å². The van der Waals surface area contributed by atoms with Crippen LogP contribution in [0.3, 0.4) is 0 Å². The Morgan fingerprint density at radius 3 is 2.60 bits per heavy atom. The van der Waals surface area contributed by atoms with Crippen molar-refractivity contribution >= 4 is 12.6 Å². The van der Waals surface area contributed by atoms with Gasteiger partial charge in [-0.15, -0.1) is 0 Å². The molecule has 1 aliphatic rings. The summed E-state index contributed by atoms with van der Waals surface area (Å²) in [5.41, 5.74) is 3.23. The molecule has 0 amide bonds. The maximum atomic E-state index is 5.15. The molecule has 0 bridgehead atoms. The number of quaternary nitrogens is 1. The van der Waals surface area contributed by atoms with Crippen molar-refractivity contribution in [3.63, 3.8) is 0 Å². The minimum atomic E-state index is 0.0949. The van der Waals surface area contributed by atoms with Crippen molar-refractivity contribution in [3.05, 3.63) is 6.92 Å². The van der Waals surface area contributed by atoms with Crippen LogP contribution in [0.5, 0.6) is 0 Å². The molecule has 0 aromatic heterocycles. The van der Waals surface area contributed by atoms with Crippen LogP contribution in [0.15, 0.2) is 0 Å².